The van der Waals surface area contributed by atoms with Crippen LogP contribution in [-0.2, 0) is 4.57 Å². The van der Waals surface area contributed by atoms with E-state index in [0.29, 0.717) is 11.5 Å². The first-order valence-corrected chi connectivity index (χ1v) is 15.4. The van der Waals surface area contributed by atoms with Crippen molar-refractivity contribution >= 4 is 50.8 Å². The number of ether oxygens (including phenoxy) is 1. The van der Waals surface area contributed by atoms with Crippen LogP contribution in [0.1, 0.15) is 0 Å². The number of rotatable bonds is 5. The Labute approximate surface area is 232 Å². The Hall–Kier alpha value is -4.37. The summed E-state index contributed by atoms with van der Waals surface area (Å²) >= 11 is 1.70. The highest BCUT2D eigenvalue weighted by molar-refractivity contribution is 7.85. The number of hydrogen-bond donors (Lipinski definition) is 0. The summed E-state index contributed by atoms with van der Waals surface area (Å²) in [6.07, 6.45) is 0. The third kappa shape index (κ3) is 4.01. The molecule has 1 aliphatic rings. The SMILES string of the molecule is O=P1(c2ccccc2)c2ccccc2Oc2cc(-c3ccsc3N(c3ccccc3)c3ccccc3)ccc21. The number of anilines is 3. The first-order chi connectivity index (χ1) is 19.2. The van der Waals surface area contributed by atoms with Crippen molar-refractivity contribution in [1.29, 1.82) is 0 Å². The highest BCUT2D eigenvalue weighted by Crippen LogP contribution is 2.53. The number of hydrogen-bond acceptors (Lipinski definition) is 4. The molecule has 5 heteroatoms. The van der Waals surface area contributed by atoms with Gasteiger partial charge in [-0.3, -0.25) is 0 Å². The zero-order chi connectivity index (χ0) is 26.2. The van der Waals surface area contributed by atoms with E-state index in [2.05, 4.69) is 70.9 Å². The monoisotopic (exact) mass is 541 g/mol. The molecule has 0 saturated heterocycles. The van der Waals surface area contributed by atoms with Crippen molar-refractivity contribution in [3.05, 3.63) is 145 Å². The lowest BCUT2D eigenvalue weighted by molar-refractivity contribution is 0.485. The molecule has 6 aromatic rings. The molecule has 2 heterocycles. The van der Waals surface area contributed by atoms with Gasteiger partial charge in [-0.15, -0.1) is 11.3 Å². The summed E-state index contributed by atoms with van der Waals surface area (Å²) in [5.74, 6) is 1.29. The summed E-state index contributed by atoms with van der Waals surface area (Å²) in [7, 11) is -3.10. The molecule has 1 unspecified atom stereocenters. The fourth-order valence-corrected chi connectivity index (χ4v) is 9.02. The van der Waals surface area contributed by atoms with Gasteiger partial charge in [-0.1, -0.05) is 84.9 Å². The van der Waals surface area contributed by atoms with Crippen LogP contribution in [0.4, 0.5) is 16.4 Å². The Morgan fingerprint density at radius 1 is 0.590 bits per heavy atom. The summed E-state index contributed by atoms with van der Waals surface area (Å²) in [6, 6.07) is 46.5. The fourth-order valence-electron chi connectivity index (χ4n) is 5.22. The van der Waals surface area contributed by atoms with Crippen LogP contribution in [0, 0.1) is 0 Å². The maximum atomic E-state index is 14.9. The van der Waals surface area contributed by atoms with E-state index in [0.717, 1.165) is 43.4 Å². The quantitative estimate of drug-likeness (QED) is 0.204. The lowest BCUT2D eigenvalue weighted by Crippen LogP contribution is -2.30. The Morgan fingerprint density at radius 3 is 1.87 bits per heavy atom. The standard InChI is InChI=1S/C34H24NO2PS/c36-38(28-16-8-3-9-17-28)32-19-11-10-18-30(32)37-31-24-25(20-21-33(31)38)29-22-23-39-34(29)35(26-12-4-1-5-13-26)27-14-6-2-7-15-27/h1-24H. The second-order valence-electron chi connectivity index (χ2n) is 9.34. The van der Waals surface area contributed by atoms with E-state index < -0.39 is 7.14 Å². The molecule has 7 rings (SSSR count). The molecular weight excluding hydrogens is 517 g/mol. The molecule has 0 saturated carbocycles. The third-order valence-electron chi connectivity index (χ3n) is 7.03. The summed E-state index contributed by atoms with van der Waals surface area (Å²) in [6.45, 7) is 0. The maximum absolute atomic E-state index is 14.9. The van der Waals surface area contributed by atoms with E-state index in [-0.39, 0.29) is 0 Å². The summed E-state index contributed by atoms with van der Waals surface area (Å²) in [4.78, 5) is 2.28. The highest BCUT2D eigenvalue weighted by Gasteiger charge is 2.39. The van der Waals surface area contributed by atoms with Crippen LogP contribution in [0.2, 0.25) is 0 Å². The molecule has 1 aromatic heterocycles. The van der Waals surface area contributed by atoms with Gasteiger partial charge in [0.1, 0.15) is 16.5 Å². The van der Waals surface area contributed by atoms with Gasteiger partial charge in [-0.05, 0) is 65.5 Å². The molecule has 0 fully saturated rings. The van der Waals surface area contributed by atoms with Crippen LogP contribution in [0.5, 0.6) is 11.5 Å². The second kappa shape index (κ2) is 9.74. The second-order valence-corrected chi connectivity index (χ2v) is 12.9. The van der Waals surface area contributed by atoms with Gasteiger partial charge in [-0.25, -0.2) is 0 Å². The van der Waals surface area contributed by atoms with Gasteiger partial charge in [0.15, 0.2) is 7.14 Å². The van der Waals surface area contributed by atoms with Crippen LogP contribution in [0.3, 0.4) is 0 Å². The van der Waals surface area contributed by atoms with Crippen molar-refractivity contribution in [2.75, 3.05) is 4.90 Å². The Bertz CT molecular complexity index is 1780. The van der Waals surface area contributed by atoms with E-state index in [1.807, 2.05) is 78.9 Å². The molecule has 0 aliphatic carbocycles. The van der Waals surface area contributed by atoms with E-state index in [1.165, 1.54) is 0 Å². The number of nitrogens with zero attached hydrogens (tertiary/aromatic N) is 1. The normalized spacial score (nSPS) is 15.6. The molecule has 0 radical (unpaired) electrons. The Balaban J connectivity index is 1.39. The van der Waals surface area contributed by atoms with Gasteiger partial charge < -0.3 is 14.2 Å². The predicted molar refractivity (Wildman–Crippen MR) is 164 cm³/mol. The van der Waals surface area contributed by atoms with Crippen LogP contribution in [0.25, 0.3) is 11.1 Å². The zero-order valence-electron chi connectivity index (χ0n) is 21.0. The van der Waals surface area contributed by atoms with Gasteiger partial charge in [0.2, 0.25) is 0 Å². The minimum absolute atomic E-state index is 0.640. The molecule has 0 amide bonds. The summed E-state index contributed by atoms with van der Waals surface area (Å²) in [5, 5.41) is 5.51. The van der Waals surface area contributed by atoms with Gasteiger partial charge in [0.25, 0.3) is 0 Å². The number of benzene rings is 5. The van der Waals surface area contributed by atoms with E-state index in [9.17, 15) is 4.57 Å². The van der Waals surface area contributed by atoms with Crippen LogP contribution < -0.4 is 25.6 Å². The summed E-state index contributed by atoms with van der Waals surface area (Å²) < 4.78 is 21.4. The molecule has 0 N–H and O–H groups in total. The molecule has 188 valence electrons. The molecule has 39 heavy (non-hydrogen) atoms. The zero-order valence-corrected chi connectivity index (χ0v) is 22.7. The summed E-state index contributed by atoms with van der Waals surface area (Å²) in [5.41, 5.74) is 4.28. The predicted octanol–water partition coefficient (Wildman–Crippen LogP) is 8.63. The Kier molecular flexibility index (Phi) is 5.93. The smallest absolute Gasteiger partial charge is 0.178 e. The first-order valence-electron chi connectivity index (χ1n) is 12.8. The van der Waals surface area contributed by atoms with Crippen LogP contribution in [0.15, 0.2) is 145 Å². The van der Waals surface area contributed by atoms with E-state index >= 15 is 0 Å². The molecule has 0 spiro atoms. The van der Waals surface area contributed by atoms with Crippen molar-refractivity contribution < 1.29 is 9.30 Å². The first kappa shape index (κ1) is 23.7. The number of para-hydroxylation sites is 3. The average Bonchev–Trinajstić information content (AvgIpc) is 3.48. The highest BCUT2D eigenvalue weighted by atomic mass is 32.1. The van der Waals surface area contributed by atoms with Crippen molar-refractivity contribution in [2.45, 2.75) is 0 Å². The third-order valence-corrected chi connectivity index (χ3v) is 11.1. The van der Waals surface area contributed by atoms with E-state index in [1.54, 1.807) is 11.3 Å². The molecule has 5 aromatic carbocycles. The lowest BCUT2D eigenvalue weighted by Gasteiger charge is -2.29. The fraction of sp³-hybridized carbons (Fsp3) is 0. The van der Waals surface area contributed by atoms with Gasteiger partial charge in [-0.2, -0.15) is 0 Å². The maximum Gasteiger partial charge on any atom is 0.178 e. The average molecular weight is 542 g/mol. The van der Waals surface area contributed by atoms with Crippen molar-refractivity contribution in [1.82, 2.24) is 0 Å². The van der Waals surface area contributed by atoms with Gasteiger partial charge in [0.05, 0.1) is 10.6 Å². The van der Waals surface area contributed by atoms with Gasteiger partial charge in [0, 0.05) is 22.2 Å². The number of fused-ring (bicyclic) bond motifs is 2. The molecule has 3 nitrogen and oxygen atoms in total. The number of thiophene rings is 1. The molecule has 0 bridgehead atoms. The van der Waals surface area contributed by atoms with Crippen molar-refractivity contribution in [2.24, 2.45) is 0 Å². The molecular formula is C34H24NO2PS. The van der Waals surface area contributed by atoms with Crippen molar-refractivity contribution in [3.8, 4) is 22.6 Å². The minimum Gasteiger partial charge on any atom is -0.456 e. The Morgan fingerprint density at radius 2 is 1.18 bits per heavy atom. The van der Waals surface area contributed by atoms with Gasteiger partial charge >= 0.3 is 0 Å². The molecule has 1 atom stereocenters. The van der Waals surface area contributed by atoms with Crippen LogP contribution in [-0.4, -0.2) is 0 Å². The van der Waals surface area contributed by atoms with Crippen LogP contribution >= 0.6 is 18.5 Å². The topological polar surface area (TPSA) is 29.5 Å². The lowest BCUT2D eigenvalue weighted by atomic mass is 10.1. The van der Waals surface area contributed by atoms with E-state index in [4.69, 9.17) is 4.74 Å². The van der Waals surface area contributed by atoms with Crippen molar-refractivity contribution in [3.63, 3.8) is 0 Å². The minimum atomic E-state index is -3.10. The molecule has 1 aliphatic heterocycles. The largest absolute Gasteiger partial charge is 0.456 e.